The third kappa shape index (κ3) is 4.17. The Labute approximate surface area is 202 Å². The van der Waals surface area contributed by atoms with Crippen molar-refractivity contribution in [3.8, 4) is 11.4 Å². The van der Waals surface area contributed by atoms with Gasteiger partial charge in [0, 0.05) is 21.8 Å². The van der Waals surface area contributed by atoms with Gasteiger partial charge in [0.2, 0.25) is 5.82 Å². The number of nitrogens with one attached hydrogen (secondary N) is 1. The molecule has 3 aromatic carbocycles. The summed E-state index contributed by atoms with van der Waals surface area (Å²) < 4.78 is 5.81. The quantitative estimate of drug-likeness (QED) is 0.270. The molecule has 0 amide bonds. The minimum Gasteiger partial charge on any atom is -0.351 e. The topological polar surface area (TPSA) is 54.2 Å². The zero-order chi connectivity index (χ0) is 22.8. The number of thiocarbonyl (C=S) groups is 1. The Bertz CT molecular complexity index is 1320. The first kappa shape index (κ1) is 21.4. The molecule has 1 aliphatic rings. The van der Waals surface area contributed by atoms with E-state index in [4.69, 9.17) is 21.7 Å². The molecule has 1 N–H and O–H groups in total. The van der Waals surface area contributed by atoms with E-state index in [0.29, 0.717) is 16.8 Å². The van der Waals surface area contributed by atoms with E-state index >= 15 is 0 Å². The molecule has 33 heavy (non-hydrogen) atoms. The van der Waals surface area contributed by atoms with Gasteiger partial charge in [0.1, 0.15) is 0 Å². The zero-order valence-electron chi connectivity index (χ0n) is 18.2. The molecule has 5 nitrogen and oxygen atoms in total. The second kappa shape index (κ2) is 9.21. The predicted molar refractivity (Wildman–Crippen MR) is 138 cm³/mol. The van der Waals surface area contributed by atoms with Gasteiger partial charge in [-0.25, -0.2) is 0 Å². The molecular formula is C26H22N4OS2. The fourth-order valence-electron chi connectivity index (χ4n) is 4.01. The van der Waals surface area contributed by atoms with E-state index in [2.05, 4.69) is 54.0 Å². The smallest absolute Gasteiger partial charge is 0.258 e. The van der Waals surface area contributed by atoms with Crippen LogP contribution in [-0.2, 0) is 0 Å². The van der Waals surface area contributed by atoms with E-state index in [-0.39, 0.29) is 6.04 Å². The van der Waals surface area contributed by atoms with Crippen molar-refractivity contribution in [1.29, 1.82) is 0 Å². The Morgan fingerprint density at radius 3 is 2.42 bits per heavy atom. The van der Waals surface area contributed by atoms with Gasteiger partial charge in [0.25, 0.3) is 5.89 Å². The number of aromatic nitrogens is 2. The van der Waals surface area contributed by atoms with Crippen molar-refractivity contribution >= 4 is 40.4 Å². The fraction of sp³-hybridized carbons (Fsp3) is 0.115. The summed E-state index contributed by atoms with van der Waals surface area (Å²) in [5, 5.41) is 8.41. The lowest BCUT2D eigenvalue weighted by Crippen LogP contribution is -2.46. The van der Waals surface area contributed by atoms with Crippen LogP contribution >= 0.6 is 24.0 Å². The molecule has 0 fully saturated rings. The van der Waals surface area contributed by atoms with Crippen LogP contribution in [0.4, 0.5) is 5.69 Å². The van der Waals surface area contributed by atoms with E-state index in [1.807, 2.05) is 59.5 Å². The van der Waals surface area contributed by atoms with Gasteiger partial charge in [0.15, 0.2) is 5.11 Å². The molecule has 0 aliphatic carbocycles. The molecule has 4 aromatic rings. The normalized spacial score (nSPS) is 16.1. The molecule has 0 saturated carbocycles. The molecule has 0 radical (unpaired) electrons. The molecular weight excluding hydrogens is 448 g/mol. The van der Waals surface area contributed by atoms with Crippen LogP contribution in [0.25, 0.3) is 17.0 Å². The van der Waals surface area contributed by atoms with Crippen molar-refractivity contribution in [2.45, 2.75) is 17.9 Å². The monoisotopic (exact) mass is 470 g/mol. The molecule has 0 saturated heterocycles. The van der Waals surface area contributed by atoms with E-state index in [0.717, 1.165) is 28.1 Å². The molecule has 1 aliphatic heterocycles. The Hall–Kier alpha value is -3.42. The first-order chi connectivity index (χ1) is 16.2. The number of allylic oxidation sites excluding steroid dienone is 1. The highest BCUT2D eigenvalue weighted by Crippen LogP contribution is 2.39. The van der Waals surface area contributed by atoms with Gasteiger partial charge in [-0.2, -0.15) is 4.98 Å². The third-order valence-corrected chi connectivity index (χ3v) is 6.64. The van der Waals surface area contributed by atoms with Gasteiger partial charge < -0.3 is 9.84 Å². The van der Waals surface area contributed by atoms with Crippen LogP contribution in [0.3, 0.4) is 0 Å². The van der Waals surface area contributed by atoms with Crippen molar-refractivity contribution in [3.05, 3.63) is 102 Å². The van der Waals surface area contributed by atoms with Crippen molar-refractivity contribution in [2.24, 2.45) is 0 Å². The number of anilines is 1. The Balaban J connectivity index is 1.66. The summed E-state index contributed by atoms with van der Waals surface area (Å²) in [6.45, 7) is 2.05. The summed E-state index contributed by atoms with van der Waals surface area (Å²) in [4.78, 5) is 7.97. The Kier molecular flexibility index (Phi) is 5.98. The van der Waals surface area contributed by atoms with E-state index in [1.54, 1.807) is 11.8 Å². The SMILES string of the molecule is CSc1cccc(N2C(=S)NC(c3ccccc3)C(c3nc(-c4ccccc4)no3)=C2C)c1. The molecule has 7 heteroatoms. The molecule has 0 bridgehead atoms. The lowest BCUT2D eigenvalue weighted by Gasteiger charge is -2.37. The molecule has 5 rings (SSSR count). The van der Waals surface area contributed by atoms with Gasteiger partial charge in [-0.05, 0) is 49.2 Å². The minimum absolute atomic E-state index is 0.206. The standard InChI is InChI=1S/C26H22N4OS2/c1-17-22(25-28-24(29-31-25)19-12-7-4-8-13-19)23(18-10-5-3-6-11-18)27-26(32)30(17)20-14-9-15-21(16-20)33-2/h3-16,23H,1-2H3,(H,27,32). The van der Waals surface area contributed by atoms with Crippen LogP contribution in [0.1, 0.15) is 24.4 Å². The first-order valence-corrected chi connectivity index (χ1v) is 12.2. The highest BCUT2D eigenvalue weighted by molar-refractivity contribution is 7.98. The number of hydrogen-bond donors (Lipinski definition) is 1. The number of thioether (sulfide) groups is 1. The molecule has 1 aromatic heterocycles. The summed E-state index contributed by atoms with van der Waals surface area (Å²) in [5.41, 5.74) is 4.83. The van der Waals surface area contributed by atoms with Crippen molar-refractivity contribution in [1.82, 2.24) is 15.5 Å². The fourth-order valence-corrected chi connectivity index (χ4v) is 4.83. The molecule has 1 unspecified atom stereocenters. The van der Waals surface area contributed by atoms with E-state index in [9.17, 15) is 0 Å². The van der Waals surface area contributed by atoms with Gasteiger partial charge >= 0.3 is 0 Å². The molecule has 2 heterocycles. The van der Waals surface area contributed by atoms with Crippen molar-refractivity contribution in [3.63, 3.8) is 0 Å². The molecule has 1 atom stereocenters. The van der Waals surface area contributed by atoms with Gasteiger partial charge in [-0.1, -0.05) is 71.9 Å². The summed E-state index contributed by atoms with van der Waals surface area (Å²) >= 11 is 7.53. The zero-order valence-corrected chi connectivity index (χ0v) is 19.9. The van der Waals surface area contributed by atoms with E-state index in [1.165, 1.54) is 4.90 Å². The lowest BCUT2D eigenvalue weighted by atomic mass is 9.94. The largest absolute Gasteiger partial charge is 0.351 e. The number of hydrogen-bond acceptors (Lipinski definition) is 5. The Morgan fingerprint density at radius 1 is 0.970 bits per heavy atom. The highest BCUT2D eigenvalue weighted by Gasteiger charge is 2.34. The van der Waals surface area contributed by atoms with Crippen LogP contribution in [0.2, 0.25) is 0 Å². The summed E-state index contributed by atoms with van der Waals surface area (Å²) in [5.74, 6) is 1.03. The molecule has 164 valence electrons. The third-order valence-electron chi connectivity index (χ3n) is 5.62. The van der Waals surface area contributed by atoms with Gasteiger partial charge in [0.05, 0.1) is 11.6 Å². The number of rotatable bonds is 5. The maximum atomic E-state index is 5.83. The lowest BCUT2D eigenvalue weighted by molar-refractivity contribution is 0.404. The first-order valence-electron chi connectivity index (χ1n) is 10.6. The summed E-state index contributed by atoms with van der Waals surface area (Å²) in [6.07, 6.45) is 2.06. The second-order valence-electron chi connectivity index (χ2n) is 7.62. The average molecular weight is 471 g/mol. The van der Waals surface area contributed by atoms with Crippen molar-refractivity contribution in [2.75, 3.05) is 11.2 Å². The van der Waals surface area contributed by atoms with Crippen LogP contribution in [-0.4, -0.2) is 21.5 Å². The van der Waals surface area contributed by atoms with Crippen molar-refractivity contribution < 1.29 is 4.52 Å². The molecule has 0 spiro atoms. The Morgan fingerprint density at radius 2 is 1.70 bits per heavy atom. The van der Waals surface area contributed by atoms with Crippen LogP contribution in [0, 0.1) is 0 Å². The average Bonchev–Trinajstić information content (AvgIpc) is 3.35. The number of nitrogens with zero attached hydrogens (tertiary/aromatic N) is 3. The van der Waals surface area contributed by atoms with Crippen LogP contribution < -0.4 is 10.2 Å². The minimum atomic E-state index is -0.206. The second-order valence-corrected chi connectivity index (χ2v) is 8.88. The van der Waals surface area contributed by atoms with E-state index < -0.39 is 0 Å². The summed E-state index contributed by atoms with van der Waals surface area (Å²) in [6, 6.07) is 28.1. The van der Waals surface area contributed by atoms with Gasteiger partial charge in [-0.3, -0.25) is 4.90 Å². The highest BCUT2D eigenvalue weighted by atomic mass is 32.2. The maximum absolute atomic E-state index is 5.83. The maximum Gasteiger partial charge on any atom is 0.258 e. The van der Waals surface area contributed by atoms with Gasteiger partial charge in [-0.15, -0.1) is 11.8 Å². The predicted octanol–water partition coefficient (Wildman–Crippen LogP) is 6.33. The number of benzene rings is 3. The summed E-state index contributed by atoms with van der Waals surface area (Å²) in [7, 11) is 0. The van der Waals surface area contributed by atoms with Crippen LogP contribution in [0.5, 0.6) is 0 Å². The van der Waals surface area contributed by atoms with Crippen LogP contribution in [0.15, 0.2) is 100 Å².